The van der Waals surface area contributed by atoms with Crippen LogP contribution in [0.2, 0.25) is 0 Å². The Morgan fingerprint density at radius 1 is 0.485 bits per heavy atom. The third kappa shape index (κ3) is 21.2. The van der Waals surface area contributed by atoms with Gasteiger partial charge >= 0.3 is 0 Å². The zero-order valence-corrected chi connectivity index (χ0v) is 24.2. The van der Waals surface area contributed by atoms with E-state index < -0.39 is 0 Å². The smallest absolute Gasteiger partial charge is 0.0230 e. The summed E-state index contributed by atoms with van der Waals surface area (Å²) in [5.41, 5.74) is 0. The first kappa shape index (κ1) is 31.2. The van der Waals surface area contributed by atoms with Crippen molar-refractivity contribution in [3.63, 3.8) is 0 Å². The zero-order chi connectivity index (χ0) is 23.7. The van der Waals surface area contributed by atoms with Crippen LogP contribution in [0.1, 0.15) is 174 Å². The van der Waals surface area contributed by atoms with E-state index in [0.717, 1.165) is 5.92 Å². The highest BCUT2D eigenvalue weighted by atomic mass is 31.1. The van der Waals surface area contributed by atoms with Crippen LogP contribution in [0.4, 0.5) is 0 Å². The summed E-state index contributed by atoms with van der Waals surface area (Å²) in [5, 5.41) is 0. The fourth-order valence-electron chi connectivity index (χ4n) is 5.44. The summed E-state index contributed by atoms with van der Waals surface area (Å²) in [4.78, 5) is 0. The molecule has 1 aliphatic carbocycles. The topological polar surface area (TPSA) is 0 Å². The zero-order valence-electron chi connectivity index (χ0n) is 23.3. The number of hydrogen-bond acceptors (Lipinski definition) is 0. The van der Waals surface area contributed by atoms with Crippen molar-refractivity contribution in [1.82, 2.24) is 0 Å². The van der Waals surface area contributed by atoms with Crippen LogP contribution in [-0.2, 0) is 0 Å². The molecule has 0 nitrogen and oxygen atoms in total. The number of rotatable bonds is 24. The highest BCUT2D eigenvalue weighted by molar-refractivity contribution is 7.60. The maximum atomic E-state index is 2.74. The Hall–Kier alpha value is 0.170. The standard InChI is InChI=1S/C32H63P/c1-3-5-7-9-11-13-15-17-19-24-29-33(31-28-32-26-22-21-23-27-32)30-25-20-18-16-14-12-10-8-6-4-2/h28,31-32H,3-27,29-30H2,1-2H3. The highest BCUT2D eigenvalue weighted by Gasteiger charge is 2.11. The van der Waals surface area contributed by atoms with Gasteiger partial charge < -0.3 is 0 Å². The predicted octanol–water partition coefficient (Wildman–Crippen LogP) is 12.4. The molecule has 1 fully saturated rings. The van der Waals surface area contributed by atoms with Gasteiger partial charge in [0, 0.05) is 0 Å². The van der Waals surface area contributed by atoms with E-state index in [4.69, 9.17) is 0 Å². The monoisotopic (exact) mass is 478 g/mol. The van der Waals surface area contributed by atoms with E-state index in [1.807, 2.05) is 0 Å². The Bertz CT molecular complexity index is 371. The van der Waals surface area contributed by atoms with E-state index in [9.17, 15) is 0 Å². The molecule has 1 aliphatic rings. The molecule has 1 heteroatoms. The average molecular weight is 479 g/mol. The normalized spacial score (nSPS) is 15.2. The second-order valence-corrected chi connectivity index (χ2v) is 13.5. The molecule has 0 atom stereocenters. The van der Waals surface area contributed by atoms with Crippen LogP contribution in [0.25, 0.3) is 0 Å². The van der Waals surface area contributed by atoms with Crippen molar-refractivity contribution in [1.29, 1.82) is 0 Å². The summed E-state index contributed by atoms with van der Waals surface area (Å²) in [6.45, 7) is 4.63. The molecule has 33 heavy (non-hydrogen) atoms. The van der Waals surface area contributed by atoms with Gasteiger partial charge in [0.1, 0.15) is 0 Å². The van der Waals surface area contributed by atoms with Crippen molar-refractivity contribution in [3.05, 3.63) is 11.9 Å². The Morgan fingerprint density at radius 3 is 1.24 bits per heavy atom. The molecule has 0 bridgehead atoms. The van der Waals surface area contributed by atoms with E-state index in [0.29, 0.717) is 0 Å². The van der Waals surface area contributed by atoms with Crippen molar-refractivity contribution in [2.24, 2.45) is 5.92 Å². The first-order valence-corrected chi connectivity index (χ1v) is 17.6. The van der Waals surface area contributed by atoms with Gasteiger partial charge in [-0.25, -0.2) is 0 Å². The molecule has 0 amide bonds. The van der Waals surface area contributed by atoms with Gasteiger partial charge in [0.15, 0.2) is 0 Å². The maximum Gasteiger partial charge on any atom is -0.0230 e. The van der Waals surface area contributed by atoms with E-state index in [-0.39, 0.29) is 7.92 Å². The van der Waals surface area contributed by atoms with Crippen LogP contribution in [0.5, 0.6) is 0 Å². The van der Waals surface area contributed by atoms with Crippen molar-refractivity contribution >= 4 is 7.92 Å². The lowest BCUT2D eigenvalue weighted by Gasteiger charge is -2.20. The van der Waals surface area contributed by atoms with Gasteiger partial charge in [-0.3, -0.25) is 0 Å². The lowest BCUT2D eigenvalue weighted by molar-refractivity contribution is 0.420. The molecule has 0 saturated heterocycles. The van der Waals surface area contributed by atoms with Gasteiger partial charge in [-0.15, -0.1) is 0 Å². The van der Waals surface area contributed by atoms with Crippen LogP contribution >= 0.6 is 7.92 Å². The van der Waals surface area contributed by atoms with Gasteiger partial charge in [-0.05, 0) is 43.9 Å². The van der Waals surface area contributed by atoms with Crippen molar-refractivity contribution in [3.8, 4) is 0 Å². The SMILES string of the molecule is CCCCCCCCCCCCP(C=CC1CCCCC1)CCCCCCCCCCCC. The lowest BCUT2D eigenvalue weighted by atomic mass is 9.90. The first-order valence-electron chi connectivity index (χ1n) is 15.8. The molecule has 0 aromatic carbocycles. The molecule has 1 saturated carbocycles. The van der Waals surface area contributed by atoms with E-state index in [1.165, 1.54) is 173 Å². The molecule has 0 radical (unpaired) electrons. The van der Waals surface area contributed by atoms with Crippen LogP contribution in [-0.4, -0.2) is 12.3 Å². The number of unbranched alkanes of at least 4 members (excludes halogenated alkanes) is 18. The van der Waals surface area contributed by atoms with Crippen LogP contribution in [0.3, 0.4) is 0 Å². The molecule has 0 aliphatic heterocycles. The van der Waals surface area contributed by atoms with Gasteiger partial charge in [-0.1, -0.05) is 168 Å². The lowest BCUT2D eigenvalue weighted by Crippen LogP contribution is -2.02. The quantitative estimate of drug-likeness (QED) is 0.0955. The summed E-state index contributed by atoms with van der Waals surface area (Å²) in [6.07, 6.45) is 42.4. The third-order valence-electron chi connectivity index (χ3n) is 7.82. The minimum absolute atomic E-state index is 0.165. The molecule has 196 valence electrons. The Morgan fingerprint density at radius 2 is 0.848 bits per heavy atom. The average Bonchev–Trinajstić information content (AvgIpc) is 2.85. The molecule has 0 N–H and O–H groups in total. The predicted molar refractivity (Wildman–Crippen MR) is 156 cm³/mol. The van der Waals surface area contributed by atoms with Gasteiger partial charge in [0.2, 0.25) is 0 Å². The second-order valence-electron chi connectivity index (χ2n) is 11.1. The summed E-state index contributed by atoms with van der Waals surface area (Å²) < 4.78 is 0. The van der Waals surface area contributed by atoms with Gasteiger partial charge in [0.05, 0.1) is 0 Å². The molecule has 0 aromatic heterocycles. The first-order chi connectivity index (χ1) is 16.4. The van der Waals surface area contributed by atoms with Crippen LogP contribution in [0, 0.1) is 5.92 Å². The molecule has 0 unspecified atom stereocenters. The minimum Gasteiger partial charge on any atom is -0.0836 e. The van der Waals surface area contributed by atoms with Crippen molar-refractivity contribution < 1.29 is 0 Å². The Labute approximate surface area is 212 Å². The summed E-state index contributed by atoms with van der Waals surface area (Å²) in [6, 6.07) is 0. The Kier molecular flexibility index (Phi) is 23.9. The molecule has 1 rings (SSSR count). The molecule has 0 spiro atoms. The highest BCUT2D eigenvalue weighted by Crippen LogP contribution is 2.41. The maximum absolute atomic E-state index is 2.74. The number of allylic oxidation sites excluding steroid dienone is 1. The Balaban J connectivity index is 2.12. The van der Waals surface area contributed by atoms with Gasteiger partial charge in [-0.2, -0.15) is 0 Å². The molecular weight excluding hydrogens is 415 g/mol. The van der Waals surface area contributed by atoms with Gasteiger partial charge in [0.25, 0.3) is 0 Å². The van der Waals surface area contributed by atoms with E-state index in [1.54, 1.807) is 0 Å². The fraction of sp³-hybridized carbons (Fsp3) is 0.938. The van der Waals surface area contributed by atoms with Crippen LogP contribution in [0.15, 0.2) is 11.9 Å². The summed E-state index contributed by atoms with van der Waals surface area (Å²) in [5.74, 6) is 3.66. The minimum atomic E-state index is 0.165. The molecule has 0 heterocycles. The summed E-state index contributed by atoms with van der Waals surface area (Å²) in [7, 11) is 0.165. The van der Waals surface area contributed by atoms with E-state index in [2.05, 4.69) is 25.7 Å². The summed E-state index contributed by atoms with van der Waals surface area (Å²) >= 11 is 0. The van der Waals surface area contributed by atoms with Crippen molar-refractivity contribution in [2.45, 2.75) is 174 Å². The molecule has 0 aromatic rings. The van der Waals surface area contributed by atoms with E-state index >= 15 is 0 Å². The van der Waals surface area contributed by atoms with Crippen LogP contribution < -0.4 is 0 Å². The number of hydrogen-bond donors (Lipinski definition) is 0. The molecular formula is C32H63P. The van der Waals surface area contributed by atoms with Crippen molar-refractivity contribution in [2.75, 3.05) is 12.3 Å². The third-order valence-corrected chi connectivity index (χ3v) is 10.2. The fourth-order valence-corrected chi connectivity index (χ4v) is 7.70. The second kappa shape index (κ2) is 25.3. The largest absolute Gasteiger partial charge is 0.0836 e.